The first-order valence-electron chi connectivity index (χ1n) is 9.39. The summed E-state index contributed by atoms with van der Waals surface area (Å²) < 4.78 is 36.4. The molecule has 0 spiro atoms. The third-order valence-electron chi connectivity index (χ3n) is 4.42. The molecule has 4 nitrogen and oxygen atoms in total. The van der Waals surface area contributed by atoms with Crippen molar-refractivity contribution in [1.29, 1.82) is 0 Å². The Kier molecular flexibility index (Phi) is 7.00. The van der Waals surface area contributed by atoms with Gasteiger partial charge in [-0.3, -0.25) is 4.55 Å². The summed E-state index contributed by atoms with van der Waals surface area (Å²) in [4.78, 5) is 3.71. The summed E-state index contributed by atoms with van der Waals surface area (Å²) in [5, 5.41) is 0. The van der Waals surface area contributed by atoms with Crippen LogP contribution in [0.15, 0.2) is 87.5 Å². The zero-order valence-corrected chi connectivity index (χ0v) is 18.2. The van der Waals surface area contributed by atoms with E-state index in [1.54, 1.807) is 0 Å². The molecule has 3 aromatic rings. The Hall–Kier alpha value is -2.28. The number of benzene rings is 3. The van der Waals surface area contributed by atoms with Crippen molar-refractivity contribution < 1.29 is 17.7 Å². The molecular formula is C23H25O4S2+. The lowest BCUT2D eigenvalue weighted by molar-refractivity contribution is 0.311. The molecule has 0 amide bonds. The summed E-state index contributed by atoms with van der Waals surface area (Å²) in [7, 11) is -4.19. The van der Waals surface area contributed by atoms with Crippen molar-refractivity contribution in [2.75, 3.05) is 12.4 Å². The minimum absolute atomic E-state index is 0.230. The zero-order chi connectivity index (χ0) is 20.9. The van der Waals surface area contributed by atoms with E-state index in [0.29, 0.717) is 0 Å². The Morgan fingerprint density at radius 3 is 1.76 bits per heavy atom. The van der Waals surface area contributed by atoms with Crippen LogP contribution in [0.4, 0.5) is 0 Å². The smallest absolute Gasteiger partial charge is 0.264 e. The van der Waals surface area contributed by atoms with Gasteiger partial charge in [-0.25, -0.2) is 0 Å². The van der Waals surface area contributed by atoms with E-state index >= 15 is 0 Å². The van der Waals surface area contributed by atoms with Gasteiger partial charge in [0.2, 0.25) is 0 Å². The summed E-state index contributed by atoms with van der Waals surface area (Å²) in [6.07, 6.45) is 0.248. The second-order valence-corrected chi connectivity index (χ2v) is 10.4. The Balaban J connectivity index is 1.90. The summed E-state index contributed by atoms with van der Waals surface area (Å²) in [6, 6.07) is 25.2. The van der Waals surface area contributed by atoms with Gasteiger partial charge in [-0.2, -0.15) is 8.42 Å². The molecule has 0 unspecified atom stereocenters. The van der Waals surface area contributed by atoms with Crippen LogP contribution in [0.25, 0.3) is 0 Å². The molecule has 152 valence electrons. The highest BCUT2D eigenvalue weighted by Crippen LogP contribution is 2.35. The molecule has 0 radical (unpaired) electrons. The number of aryl methyl sites for hydroxylation is 2. The lowest BCUT2D eigenvalue weighted by atomic mass is 10.1. The summed E-state index contributed by atoms with van der Waals surface area (Å²) in [6.45, 7) is 4.25. The average molecular weight is 430 g/mol. The molecule has 0 atom stereocenters. The van der Waals surface area contributed by atoms with E-state index in [4.69, 9.17) is 9.29 Å². The third kappa shape index (κ3) is 5.85. The van der Waals surface area contributed by atoms with Crippen molar-refractivity contribution in [3.63, 3.8) is 0 Å². The van der Waals surface area contributed by atoms with Crippen LogP contribution in [0.1, 0.15) is 17.5 Å². The molecule has 0 fully saturated rings. The Labute approximate surface area is 175 Å². The van der Waals surface area contributed by atoms with Crippen molar-refractivity contribution >= 4 is 21.0 Å². The van der Waals surface area contributed by atoms with Gasteiger partial charge in [-0.15, -0.1) is 0 Å². The number of rotatable bonds is 8. The molecule has 0 bridgehead atoms. The largest absolute Gasteiger partial charge is 0.493 e. The molecule has 0 aliphatic carbocycles. The summed E-state index contributed by atoms with van der Waals surface area (Å²) in [5.74, 6) is 0.475. The molecule has 0 aliphatic rings. The molecule has 0 aromatic heterocycles. The van der Waals surface area contributed by atoms with E-state index < -0.39 is 10.1 Å². The van der Waals surface area contributed by atoms with Gasteiger partial charge in [-0.1, -0.05) is 36.4 Å². The normalized spacial score (nSPS) is 11.6. The summed E-state index contributed by atoms with van der Waals surface area (Å²) >= 11 is 0. The van der Waals surface area contributed by atoms with E-state index in [9.17, 15) is 8.42 Å². The lowest BCUT2D eigenvalue weighted by Gasteiger charge is -2.14. The standard InChI is InChI=1S/C23H24O4S2/c1-18-16-22(17-19(2)23(18)27-14-9-15-29(24,25)26)28(20-10-5-3-6-11-20)21-12-7-4-8-13-21/h3-8,10-13,16-17H,9,14-15H2,1-2H3/p+1. The van der Waals surface area contributed by atoms with Crippen molar-refractivity contribution in [3.05, 3.63) is 83.9 Å². The Bertz CT molecular complexity index is 986. The molecule has 0 saturated carbocycles. The van der Waals surface area contributed by atoms with Crippen molar-refractivity contribution in [2.24, 2.45) is 0 Å². The second kappa shape index (κ2) is 9.48. The van der Waals surface area contributed by atoms with Crippen LogP contribution < -0.4 is 4.74 Å². The summed E-state index contributed by atoms with van der Waals surface area (Å²) in [5.41, 5.74) is 2.02. The fourth-order valence-electron chi connectivity index (χ4n) is 3.19. The van der Waals surface area contributed by atoms with Gasteiger partial charge in [0.15, 0.2) is 14.7 Å². The maximum Gasteiger partial charge on any atom is 0.264 e. The molecule has 6 heteroatoms. The predicted molar refractivity (Wildman–Crippen MR) is 117 cm³/mol. The van der Waals surface area contributed by atoms with Gasteiger partial charge >= 0.3 is 0 Å². The van der Waals surface area contributed by atoms with Crippen LogP contribution in [-0.2, 0) is 21.0 Å². The fourth-order valence-corrected chi connectivity index (χ4v) is 5.94. The maximum atomic E-state index is 10.9. The lowest BCUT2D eigenvalue weighted by Crippen LogP contribution is -2.10. The third-order valence-corrected chi connectivity index (χ3v) is 7.42. The van der Waals surface area contributed by atoms with Crippen LogP contribution in [0.5, 0.6) is 5.75 Å². The maximum absolute atomic E-state index is 10.9. The quantitative estimate of drug-likeness (QED) is 0.309. The van der Waals surface area contributed by atoms with Gasteiger partial charge in [0.05, 0.1) is 23.3 Å². The van der Waals surface area contributed by atoms with Crippen LogP contribution in [-0.4, -0.2) is 25.3 Å². The molecule has 29 heavy (non-hydrogen) atoms. The average Bonchev–Trinajstić information content (AvgIpc) is 2.68. The number of ether oxygens (including phenoxy) is 1. The van der Waals surface area contributed by atoms with Crippen LogP contribution in [0, 0.1) is 13.8 Å². The van der Waals surface area contributed by atoms with Crippen LogP contribution in [0.3, 0.4) is 0 Å². The van der Waals surface area contributed by atoms with Crippen molar-refractivity contribution in [3.8, 4) is 5.75 Å². The first-order valence-corrected chi connectivity index (χ1v) is 12.2. The van der Waals surface area contributed by atoms with E-state index in [-0.39, 0.29) is 29.7 Å². The minimum Gasteiger partial charge on any atom is -0.493 e. The second-order valence-electron chi connectivity index (χ2n) is 6.81. The van der Waals surface area contributed by atoms with Crippen LogP contribution in [0.2, 0.25) is 0 Å². The highest BCUT2D eigenvalue weighted by molar-refractivity contribution is 7.97. The first kappa shape index (κ1) is 21.4. The SMILES string of the molecule is Cc1cc([S+](c2ccccc2)c2ccccc2)cc(C)c1OCCCS(=O)(=O)O. The molecule has 0 saturated heterocycles. The van der Waals surface area contributed by atoms with E-state index in [1.807, 2.05) is 26.0 Å². The predicted octanol–water partition coefficient (Wildman–Crippen LogP) is 5.06. The molecule has 3 rings (SSSR count). The van der Waals surface area contributed by atoms with Gasteiger partial charge in [-0.05, 0) is 55.7 Å². The van der Waals surface area contributed by atoms with Gasteiger partial charge < -0.3 is 4.74 Å². The van der Waals surface area contributed by atoms with Gasteiger partial charge in [0.25, 0.3) is 10.1 Å². The van der Waals surface area contributed by atoms with Crippen molar-refractivity contribution in [1.82, 2.24) is 0 Å². The Morgan fingerprint density at radius 1 is 0.828 bits per heavy atom. The fraction of sp³-hybridized carbons (Fsp3) is 0.217. The van der Waals surface area contributed by atoms with Crippen molar-refractivity contribution in [2.45, 2.75) is 35.0 Å². The Morgan fingerprint density at radius 2 is 1.31 bits per heavy atom. The zero-order valence-electron chi connectivity index (χ0n) is 16.5. The molecular weight excluding hydrogens is 404 g/mol. The number of hydrogen-bond donors (Lipinski definition) is 1. The monoisotopic (exact) mass is 429 g/mol. The molecule has 3 aromatic carbocycles. The minimum atomic E-state index is -3.96. The number of hydrogen-bond acceptors (Lipinski definition) is 3. The van der Waals surface area contributed by atoms with E-state index in [0.717, 1.165) is 16.9 Å². The van der Waals surface area contributed by atoms with Gasteiger partial charge in [0, 0.05) is 12.1 Å². The van der Waals surface area contributed by atoms with E-state index in [1.165, 1.54) is 14.7 Å². The van der Waals surface area contributed by atoms with E-state index in [2.05, 4.69) is 60.7 Å². The molecule has 0 aliphatic heterocycles. The topological polar surface area (TPSA) is 63.6 Å². The highest BCUT2D eigenvalue weighted by Gasteiger charge is 2.29. The van der Waals surface area contributed by atoms with Crippen LogP contribution >= 0.6 is 0 Å². The van der Waals surface area contributed by atoms with Gasteiger partial charge in [0.1, 0.15) is 5.75 Å². The highest BCUT2D eigenvalue weighted by atomic mass is 32.2. The molecule has 1 N–H and O–H groups in total. The first-order chi connectivity index (χ1) is 13.8. The molecule has 0 heterocycles.